The van der Waals surface area contributed by atoms with Gasteiger partial charge in [-0.15, -0.1) is 6.58 Å². The average Bonchev–Trinajstić information content (AvgIpc) is 2.10. The molecule has 14 heavy (non-hydrogen) atoms. The van der Waals surface area contributed by atoms with E-state index >= 15 is 0 Å². The smallest absolute Gasteiger partial charge is 0.303 e. The topological polar surface area (TPSA) is 26.3 Å². The highest BCUT2D eigenvalue weighted by molar-refractivity contribution is 5.66. The van der Waals surface area contributed by atoms with Gasteiger partial charge in [-0.1, -0.05) is 19.6 Å². The van der Waals surface area contributed by atoms with Gasteiger partial charge in [-0.2, -0.15) is 0 Å². The van der Waals surface area contributed by atoms with Gasteiger partial charge in [-0.05, 0) is 31.3 Å². The molecule has 0 saturated carbocycles. The molecule has 0 aromatic rings. The molecule has 0 aliphatic heterocycles. The van der Waals surface area contributed by atoms with Crippen molar-refractivity contribution >= 4 is 5.97 Å². The van der Waals surface area contributed by atoms with E-state index in [1.165, 1.54) is 6.92 Å². The van der Waals surface area contributed by atoms with Crippen LogP contribution < -0.4 is 0 Å². The highest BCUT2D eigenvalue weighted by Crippen LogP contribution is 2.15. The fourth-order valence-corrected chi connectivity index (χ4v) is 1.14. The van der Waals surface area contributed by atoms with Crippen LogP contribution in [0.1, 0.15) is 33.6 Å². The minimum atomic E-state index is -0.246. The zero-order valence-corrected chi connectivity index (χ0v) is 9.38. The van der Waals surface area contributed by atoms with Crippen LogP contribution in [0.3, 0.4) is 0 Å². The fourth-order valence-electron chi connectivity index (χ4n) is 1.14. The van der Waals surface area contributed by atoms with Crippen LogP contribution in [0.2, 0.25) is 0 Å². The van der Waals surface area contributed by atoms with Crippen molar-refractivity contribution in [3.8, 4) is 0 Å². The van der Waals surface area contributed by atoms with E-state index in [1.54, 1.807) is 0 Å². The molecule has 80 valence electrons. The van der Waals surface area contributed by atoms with Crippen molar-refractivity contribution in [3.63, 3.8) is 0 Å². The van der Waals surface area contributed by atoms with Crippen LogP contribution in [0.25, 0.3) is 0 Å². The summed E-state index contributed by atoms with van der Waals surface area (Å²) in [5.41, 5.74) is 0.900. The maximum absolute atomic E-state index is 10.8. The Labute approximate surface area is 86.6 Å². The zero-order chi connectivity index (χ0) is 11.1. The average molecular weight is 196 g/mol. The summed E-state index contributed by atoms with van der Waals surface area (Å²) in [7, 11) is 0. The zero-order valence-electron chi connectivity index (χ0n) is 9.38. The van der Waals surface area contributed by atoms with Crippen molar-refractivity contribution in [1.82, 2.24) is 0 Å². The Hall–Kier alpha value is -1.05. The summed E-state index contributed by atoms with van der Waals surface area (Å²) in [5.74, 6) is 0.205. The number of carbonyl (C=O) groups is 1. The molecule has 0 aromatic carbocycles. The number of hydrogen-bond acceptors (Lipinski definition) is 2. The van der Waals surface area contributed by atoms with Gasteiger partial charge in [-0.3, -0.25) is 4.79 Å². The highest BCUT2D eigenvalue weighted by Gasteiger charge is 2.13. The minimum Gasteiger partial charge on any atom is -0.458 e. The predicted molar refractivity (Wildman–Crippen MR) is 59.0 cm³/mol. The van der Waals surface area contributed by atoms with E-state index < -0.39 is 0 Å². The Bertz CT molecular complexity index is 218. The second-order valence-corrected chi connectivity index (χ2v) is 3.73. The maximum Gasteiger partial charge on any atom is 0.303 e. The normalized spacial score (nSPS) is 14.2. The van der Waals surface area contributed by atoms with Crippen LogP contribution in [0.4, 0.5) is 0 Å². The lowest BCUT2D eigenvalue weighted by Crippen LogP contribution is -2.17. The fraction of sp³-hybridized carbons (Fsp3) is 0.583. The molecule has 0 amide bonds. The van der Waals surface area contributed by atoms with Crippen LogP contribution in [0.5, 0.6) is 0 Å². The number of allylic oxidation sites excluding steroid dienone is 1. The molecule has 0 N–H and O–H groups in total. The van der Waals surface area contributed by atoms with Crippen molar-refractivity contribution in [1.29, 1.82) is 0 Å². The van der Waals surface area contributed by atoms with Gasteiger partial charge in [0.05, 0.1) is 0 Å². The largest absolute Gasteiger partial charge is 0.458 e. The lowest BCUT2D eigenvalue weighted by atomic mass is 10.0. The summed E-state index contributed by atoms with van der Waals surface area (Å²) in [4.78, 5) is 10.8. The quantitative estimate of drug-likeness (QED) is 0.482. The first-order chi connectivity index (χ1) is 6.47. The first-order valence-electron chi connectivity index (χ1n) is 4.92. The molecule has 0 unspecified atom stereocenters. The van der Waals surface area contributed by atoms with E-state index in [4.69, 9.17) is 4.74 Å². The van der Waals surface area contributed by atoms with Crippen molar-refractivity contribution < 1.29 is 9.53 Å². The Morgan fingerprint density at radius 2 is 2.00 bits per heavy atom. The first-order valence-corrected chi connectivity index (χ1v) is 4.92. The lowest BCUT2D eigenvalue weighted by molar-refractivity contribution is -0.144. The Morgan fingerprint density at radius 1 is 1.43 bits per heavy atom. The molecule has 0 rings (SSSR count). The second-order valence-electron chi connectivity index (χ2n) is 3.73. The second kappa shape index (κ2) is 6.41. The van der Waals surface area contributed by atoms with Gasteiger partial charge >= 0.3 is 5.97 Å². The molecule has 0 saturated heterocycles. The van der Waals surface area contributed by atoms with Gasteiger partial charge in [0.15, 0.2) is 0 Å². The van der Waals surface area contributed by atoms with Gasteiger partial charge in [0.2, 0.25) is 0 Å². The highest BCUT2D eigenvalue weighted by atomic mass is 16.5. The molecule has 0 spiro atoms. The van der Waals surface area contributed by atoms with Crippen molar-refractivity contribution in [2.24, 2.45) is 5.92 Å². The van der Waals surface area contributed by atoms with E-state index in [2.05, 4.69) is 20.1 Å². The summed E-state index contributed by atoms with van der Waals surface area (Å²) < 4.78 is 5.13. The molecule has 0 aromatic heterocycles. The van der Waals surface area contributed by atoms with E-state index in [9.17, 15) is 4.79 Å². The van der Waals surface area contributed by atoms with Gasteiger partial charge < -0.3 is 4.74 Å². The van der Waals surface area contributed by atoms with Crippen LogP contribution in [0.15, 0.2) is 24.8 Å². The van der Waals surface area contributed by atoms with E-state index in [0.29, 0.717) is 5.92 Å². The summed E-state index contributed by atoms with van der Waals surface area (Å²) in [6, 6.07) is 0. The van der Waals surface area contributed by atoms with Crippen molar-refractivity contribution in [3.05, 3.63) is 24.8 Å². The molecule has 2 heteroatoms. The molecular weight excluding hydrogens is 176 g/mol. The molecular formula is C12H20O2. The summed E-state index contributed by atoms with van der Waals surface area (Å²) in [6.45, 7) is 12.9. The maximum atomic E-state index is 10.8. The summed E-state index contributed by atoms with van der Waals surface area (Å²) in [6.07, 6.45) is 3.55. The van der Waals surface area contributed by atoms with Crippen molar-refractivity contribution in [2.75, 3.05) is 0 Å². The first kappa shape index (κ1) is 12.9. The molecule has 0 heterocycles. The van der Waals surface area contributed by atoms with Crippen molar-refractivity contribution in [2.45, 2.75) is 39.7 Å². The third-order valence-electron chi connectivity index (χ3n) is 2.14. The molecule has 0 fully saturated rings. The Morgan fingerprint density at radius 3 is 2.36 bits per heavy atom. The minimum absolute atomic E-state index is 0.144. The van der Waals surface area contributed by atoms with Crippen LogP contribution in [-0.2, 0) is 9.53 Å². The Balaban J connectivity index is 4.03. The number of ether oxygens (including phenoxy) is 1. The lowest BCUT2D eigenvalue weighted by Gasteiger charge is -2.18. The molecule has 0 radical (unpaired) electrons. The third-order valence-corrected chi connectivity index (χ3v) is 2.14. The predicted octanol–water partition coefficient (Wildman–Crippen LogP) is 3.10. The van der Waals surface area contributed by atoms with Gasteiger partial charge in [0, 0.05) is 6.92 Å². The Kier molecular flexibility index (Phi) is 5.93. The number of carbonyl (C=O) groups excluding carboxylic acids is 1. The standard InChI is InChI=1S/C12H20O2/c1-6-10(4)7-8-12(9(2)3)14-11(5)13/h6,10,12H,1-2,7-8H2,3-5H3/t10-,12-/m0/s1. The molecule has 0 bridgehead atoms. The monoisotopic (exact) mass is 196 g/mol. The molecule has 0 aliphatic carbocycles. The molecule has 2 nitrogen and oxygen atoms in total. The van der Waals surface area contributed by atoms with Gasteiger partial charge in [0.1, 0.15) is 6.10 Å². The third kappa shape index (κ3) is 5.57. The van der Waals surface area contributed by atoms with Gasteiger partial charge in [-0.25, -0.2) is 0 Å². The number of esters is 1. The van der Waals surface area contributed by atoms with E-state index in [-0.39, 0.29) is 12.1 Å². The molecule has 2 atom stereocenters. The van der Waals surface area contributed by atoms with E-state index in [0.717, 1.165) is 18.4 Å². The van der Waals surface area contributed by atoms with Gasteiger partial charge in [0.25, 0.3) is 0 Å². The number of rotatable bonds is 6. The van der Waals surface area contributed by atoms with E-state index in [1.807, 2.05) is 13.0 Å². The number of hydrogen-bond donors (Lipinski definition) is 0. The summed E-state index contributed by atoms with van der Waals surface area (Å²) in [5, 5.41) is 0. The molecule has 0 aliphatic rings. The van der Waals surface area contributed by atoms with Crippen LogP contribution in [0, 0.1) is 5.92 Å². The van der Waals surface area contributed by atoms with Crippen LogP contribution >= 0.6 is 0 Å². The summed E-state index contributed by atoms with van der Waals surface area (Å²) >= 11 is 0. The van der Waals surface area contributed by atoms with Crippen LogP contribution in [-0.4, -0.2) is 12.1 Å². The SMILES string of the molecule is C=C[C@H](C)CC[C@H](OC(C)=O)C(=C)C.